The van der Waals surface area contributed by atoms with Crippen LogP contribution < -0.4 is 0 Å². The SMILES string of the molecule is CC1CC(OC(=O)c2ccc(Cl)nc2)CC(C)(C)C1. The van der Waals surface area contributed by atoms with Crippen LogP contribution in [-0.4, -0.2) is 17.1 Å². The lowest BCUT2D eigenvalue weighted by Gasteiger charge is -2.38. The van der Waals surface area contributed by atoms with Gasteiger partial charge in [0.2, 0.25) is 0 Å². The molecule has 0 saturated heterocycles. The average molecular weight is 282 g/mol. The van der Waals surface area contributed by atoms with E-state index in [2.05, 4.69) is 25.8 Å². The standard InChI is InChI=1S/C15H20ClNO2/c1-10-6-12(8-15(2,3)7-10)19-14(18)11-4-5-13(16)17-9-11/h4-5,9-10,12H,6-8H2,1-3H3. The lowest BCUT2D eigenvalue weighted by Crippen LogP contribution is -2.34. The number of nitrogens with zero attached hydrogens (tertiary/aromatic N) is 1. The third-order valence-corrected chi connectivity index (χ3v) is 3.81. The zero-order valence-electron chi connectivity index (χ0n) is 11.6. The van der Waals surface area contributed by atoms with E-state index in [-0.39, 0.29) is 17.5 Å². The van der Waals surface area contributed by atoms with Crippen LogP contribution in [0.15, 0.2) is 18.3 Å². The average Bonchev–Trinajstić information content (AvgIpc) is 2.26. The van der Waals surface area contributed by atoms with Crippen LogP contribution in [0.2, 0.25) is 5.15 Å². The molecule has 1 aliphatic rings. The van der Waals surface area contributed by atoms with Crippen LogP contribution in [-0.2, 0) is 4.74 Å². The molecular formula is C15H20ClNO2. The molecule has 2 unspecified atom stereocenters. The van der Waals surface area contributed by atoms with Crippen molar-refractivity contribution in [2.24, 2.45) is 11.3 Å². The Kier molecular flexibility index (Phi) is 4.14. The minimum absolute atomic E-state index is 0.00179. The van der Waals surface area contributed by atoms with Gasteiger partial charge in [0.15, 0.2) is 0 Å². The second-order valence-corrected chi connectivity index (χ2v) is 6.70. The van der Waals surface area contributed by atoms with E-state index < -0.39 is 0 Å². The lowest BCUT2D eigenvalue weighted by molar-refractivity contribution is -0.00717. The number of hydrogen-bond acceptors (Lipinski definition) is 3. The van der Waals surface area contributed by atoms with E-state index in [1.807, 2.05) is 0 Å². The third kappa shape index (κ3) is 3.93. The van der Waals surface area contributed by atoms with Gasteiger partial charge in [-0.2, -0.15) is 0 Å². The van der Waals surface area contributed by atoms with Crippen molar-refractivity contribution in [1.29, 1.82) is 0 Å². The summed E-state index contributed by atoms with van der Waals surface area (Å²) < 4.78 is 5.60. The number of halogens is 1. The van der Waals surface area contributed by atoms with Crippen molar-refractivity contribution in [2.75, 3.05) is 0 Å². The number of esters is 1. The number of rotatable bonds is 2. The van der Waals surface area contributed by atoms with Crippen molar-refractivity contribution >= 4 is 17.6 Å². The Morgan fingerprint density at radius 2 is 2.16 bits per heavy atom. The maximum atomic E-state index is 12.0. The first-order chi connectivity index (χ1) is 8.85. The van der Waals surface area contributed by atoms with Crippen LogP contribution in [0.4, 0.5) is 0 Å². The molecule has 0 spiro atoms. The van der Waals surface area contributed by atoms with Crippen molar-refractivity contribution in [3.63, 3.8) is 0 Å². The van der Waals surface area contributed by atoms with E-state index in [9.17, 15) is 4.79 Å². The summed E-state index contributed by atoms with van der Waals surface area (Å²) in [6.07, 6.45) is 4.51. The molecule has 1 fully saturated rings. The van der Waals surface area contributed by atoms with Gasteiger partial charge in [0, 0.05) is 6.20 Å². The van der Waals surface area contributed by atoms with Gasteiger partial charge < -0.3 is 4.74 Å². The summed E-state index contributed by atoms with van der Waals surface area (Å²) in [6, 6.07) is 3.25. The minimum atomic E-state index is -0.306. The van der Waals surface area contributed by atoms with Gasteiger partial charge >= 0.3 is 5.97 Å². The Morgan fingerprint density at radius 3 is 2.74 bits per heavy atom. The first-order valence-corrected chi connectivity index (χ1v) is 7.06. The monoisotopic (exact) mass is 281 g/mol. The number of carbonyl (C=O) groups excluding carboxylic acids is 1. The fourth-order valence-electron chi connectivity index (χ4n) is 3.06. The molecule has 0 aliphatic heterocycles. The molecule has 2 atom stereocenters. The maximum Gasteiger partial charge on any atom is 0.339 e. The Balaban J connectivity index is 2.00. The zero-order valence-corrected chi connectivity index (χ0v) is 12.4. The van der Waals surface area contributed by atoms with Crippen molar-refractivity contribution in [1.82, 2.24) is 4.98 Å². The molecule has 0 amide bonds. The van der Waals surface area contributed by atoms with E-state index in [1.54, 1.807) is 12.1 Å². The van der Waals surface area contributed by atoms with E-state index >= 15 is 0 Å². The molecule has 0 aromatic carbocycles. The van der Waals surface area contributed by atoms with Gasteiger partial charge in [-0.25, -0.2) is 9.78 Å². The number of pyridine rings is 1. The molecule has 3 nitrogen and oxygen atoms in total. The molecule has 1 heterocycles. The van der Waals surface area contributed by atoms with Gasteiger partial charge in [0.25, 0.3) is 0 Å². The predicted octanol–water partition coefficient (Wildman–Crippen LogP) is 4.11. The Bertz CT molecular complexity index is 456. The Hall–Kier alpha value is -1.09. The first kappa shape index (κ1) is 14.3. The van der Waals surface area contributed by atoms with Gasteiger partial charge in [-0.05, 0) is 42.7 Å². The highest BCUT2D eigenvalue weighted by Crippen LogP contribution is 2.39. The van der Waals surface area contributed by atoms with E-state index in [0.29, 0.717) is 16.6 Å². The second kappa shape index (κ2) is 5.49. The number of hydrogen-bond donors (Lipinski definition) is 0. The predicted molar refractivity (Wildman–Crippen MR) is 75.2 cm³/mol. The highest BCUT2D eigenvalue weighted by Gasteiger charge is 2.34. The molecule has 2 rings (SSSR count). The largest absolute Gasteiger partial charge is 0.459 e. The second-order valence-electron chi connectivity index (χ2n) is 6.31. The summed E-state index contributed by atoms with van der Waals surface area (Å²) in [4.78, 5) is 15.9. The molecular weight excluding hydrogens is 262 g/mol. The topological polar surface area (TPSA) is 39.2 Å². The van der Waals surface area contributed by atoms with Gasteiger partial charge in [-0.3, -0.25) is 0 Å². The van der Waals surface area contributed by atoms with Gasteiger partial charge in [0.05, 0.1) is 5.56 Å². The van der Waals surface area contributed by atoms with E-state index in [1.165, 1.54) is 12.6 Å². The van der Waals surface area contributed by atoms with Crippen molar-refractivity contribution in [3.8, 4) is 0 Å². The van der Waals surface area contributed by atoms with E-state index in [0.717, 1.165) is 12.8 Å². The van der Waals surface area contributed by atoms with Crippen molar-refractivity contribution < 1.29 is 9.53 Å². The summed E-state index contributed by atoms with van der Waals surface area (Å²) in [5.41, 5.74) is 0.696. The normalized spacial score (nSPS) is 25.9. The Morgan fingerprint density at radius 1 is 1.42 bits per heavy atom. The highest BCUT2D eigenvalue weighted by atomic mass is 35.5. The van der Waals surface area contributed by atoms with E-state index in [4.69, 9.17) is 16.3 Å². The fraction of sp³-hybridized carbons (Fsp3) is 0.600. The maximum absolute atomic E-state index is 12.0. The number of carbonyl (C=O) groups is 1. The van der Waals surface area contributed by atoms with Crippen LogP contribution in [0.1, 0.15) is 50.4 Å². The molecule has 1 saturated carbocycles. The summed E-state index contributed by atoms with van der Waals surface area (Å²) in [6.45, 7) is 6.67. The van der Waals surface area contributed by atoms with Crippen LogP contribution in [0.3, 0.4) is 0 Å². The smallest absolute Gasteiger partial charge is 0.339 e. The van der Waals surface area contributed by atoms with Crippen molar-refractivity contribution in [2.45, 2.75) is 46.1 Å². The zero-order chi connectivity index (χ0) is 14.0. The molecule has 1 aromatic heterocycles. The number of aromatic nitrogens is 1. The fourth-order valence-corrected chi connectivity index (χ4v) is 3.18. The van der Waals surface area contributed by atoms with Crippen LogP contribution in [0.5, 0.6) is 0 Å². The molecule has 104 valence electrons. The highest BCUT2D eigenvalue weighted by molar-refractivity contribution is 6.29. The van der Waals surface area contributed by atoms with Crippen LogP contribution in [0, 0.1) is 11.3 Å². The van der Waals surface area contributed by atoms with Gasteiger partial charge in [-0.1, -0.05) is 32.4 Å². The molecule has 1 aromatic rings. The Labute approximate surface area is 119 Å². The summed E-state index contributed by atoms with van der Waals surface area (Å²) >= 11 is 5.70. The molecule has 1 aliphatic carbocycles. The minimum Gasteiger partial charge on any atom is -0.459 e. The third-order valence-electron chi connectivity index (χ3n) is 3.58. The van der Waals surface area contributed by atoms with Crippen LogP contribution in [0.25, 0.3) is 0 Å². The number of ether oxygens (including phenoxy) is 1. The lowest BCUT2D eigenvalue weighted by atomic mass is 9.71. The molecule has 19 heavy (non-hydrogen) atoms. The summed E-state index contributed by atoms with van der Waals surface area (Å²) in [7, 11) is 0. The van der Waals surface area contributed by atoms with Gasteiger partial charge in [0.1, 0.15) is 11.3 Å². The first-order valence-electron chi connectivity index (χ1n) is 6.68. The van der Waals surface area contributed by atoms with Gasteiger partial charge in [-0.15, -0.1) is 0 Å². The summed E-state index contributed by atoms with van der Waals surface area (Å²) in [5, 5.41) is 0.379. The quantitative estimate of drug-likeness (QED) is 0.605. The molecule has 0 N–H and O–H groups in total. The van der Waals surface area contributed by atoms with Crippen molar-refractivity contribution in [3.05, 3.63) is 29.0 Å². The summed E-state index contributed by atoms with van der Waals surface area (Å²) in [5.74, 6) is 0.281. The van der Waals surface area contributed by atoms with Crippen LogP contribution >= 0.6 is 11.6 Å². The molecule has 0 bridgehead atoms. The molecule has 4 heteroatoms. The molecule has 0 radical (unpaired) electrons.